The van der Waals surface area contributed by atoms with Crippen LogP contribution < -0.4 is 20.7 Å². The second-order valence-corrected chi connectivity index (χ2v) is 21.3. The number of nitrogens with zero attached hydrogens (tertiary/aromatic N) is 2. The van der Waals surface area contributed by atoms with Crippen LogP contribution in [0.25, 0.3) is 66.1 Å². The molecule has 9 aromatic carbocycles. The first-order valence-corrected chi connectivity index (χ1v) is 24.7. The standard InChI is InChI=1S/C60H48N2Si/c1-5-19-43(20-6-1)46-35-38-59-56(41-46)54-32-14-16-34-58(54)61(59)48-36-37-55-53-31-13-15-33-57(53)62(60(55)42-48)47-23-17-21-44(39-47)45-22-18-30-52(40-45)63(49-24-7-2-8-25-49,50-26-9-3-10-27-50)51-28-11-4-12-29-51/h2-4,7-18,21-43H,1,5-6,19-20H2. The Hall–Kier alpha value is -7.20. The van der Waals surface area contributed by atoms with Gasteiger partial charge >= 0.3 is 0 Å². The van der Waals surface area contributed by atoms with Crippen LogP contribution in [0.4, 0.5) is 0 Å². The highest BCUT2D eigenvalue weighted by atomic mass is 28.3. The molecule has 2 heterocycles. The van der Waals surface area contributed by atoms with Gasteiger partial charge in [-0.25, -0.2) is 0 Å². The predicted molar refractivity (Wildman–Crippen MR) is 270 cm³/mol. The van der Waals surface area contributed by atoms with Crippen LogP contribution in [0, 0.1) is 0 Å². The Kier molecular flexibility index (Phi) is 9.30. The van der Waals surface area contributed by atoms with E-state index in [9.17, 15) is 0 Å². The molecule has 302 valence electrons. The highest BCUT2D eigenvalue weighted by molar-refractivity contribution is 7.19. The summed E-state index contributed by atoms with van der Waals surface area (Å²) in [5.41, 5.74) is 11.2. The molecule has 1 aliphatic carbocycles. The number of rotatable bonds is 8. The van der Waals surface area contributed by atoms with E-state index in [-0.39, 0.29) is 0 Å². The molecule has 0 N–H and O–H groups in total. The molecule has 11 aromatic rings. The summed E-state index contributed by atoms with van der Waals surface area (Å²) < 4.78 is 4.97. The van der Waals surface area contributed by atoms with Gasteiger partial charge in [0.25, 0.3) is 0 Å². The summed E-state index contributed by atoms with van der Waals surface area (Å²) in [6, 6.07) is 84.4. The van der Waals surface area contributed by atoms with Crippen molar-refractivity contribution in [3.63, 3.8) is 0 Å². The minimum Gasteiger partial charge on any atom is -0.309 e. The van der Waals surface area contributed by atoms with E-state index in [1.807, 2.05) is 0 Å². The van der Waals surface area contributed by atoms with E-state index in [0.717, 1.165) is 5.69 Å². The van der Waals surface area contributed by atoms with Crippen LogP contribution in [0.1, 0.15) is 43.6 Å². The zero-order valence-corrected chi connectivity index (χ0v) is 36.4. The van der Waals surface area contributed by atoms with Gasteiger partial charge in [-0.3, -0.25) is 0 Å². The summed E-state index contributed by atoms with van der Waals surface area (Å²) in [6.07, 6.45) is 6.65. The van der Waals surface area contributed by atoms with Crippen LogP contribution in [0.3, 0.4) is 0 Å². The van der Waals surface area contributed by atoms with E-state index in [1.165, 1.54) is 119 Å². The van der Waals surface area contributed by atoms with Crippen LogP contribution in [0.2, 0.25) is 0 Å². The fourth-order valence-corrected chi connectivity index (χ4v) is 16.0. The molecule has 0 unspecified atom stereocenters. The molecule has 1 aliphatic rings. The second kappa shape index (κ2) is 15.6. The van der Waals surface area contributed by atoms with E-state index in [2.05, 4.69) is 234 Å². The molecule has 2 aromatic heterocycles. The molecule has 2 nitrogen and oxygen atoms in total. The largest absolute Gasteiger partial charge is 0.309 e. The van der Waals surface area contributed by atoms with Crippen molar-refractivity contribution in [3.8, 4) is 22.5 Å². The Morgan fingerprint density at radius 1 is 0.317 bits per heavy atom. The topological polar surface area (TPSA) is 9.86 Å². The van der Waals surface area contributed by atoms with Gasteiger partial charge in [0, 0.05) is 32.9 Å². The molecule has 63 heavy (non-hydrogen) atoms. The molecular weight excluding hydrogens is 777 g/mol. The molecule has 0 radical (unpaired) electrons. The highest BCUT2D eigenvalue weighted by Gasteiger charge is 2.41. The lowest BCUT2D eigenvalue weighted by atomic mass is 9.84. The number of hydrogen-bond donors (Lipinski definition) is 0. The van der Waals surface area contributed by atoms with E-state index in [1.54, 1.807) is 0 Å². The fourth-order valence-electron chi connectivity index (χ4n) is 11.2. The van der Waals surface area contributed by atoms with Gasteiger partial charge in [0.05, 0.1) is 22.1 Å². The van der Waals surface area contributed by atoms with Gasteiger partial charge in [0.1, 0.15) is 0 Å². The Labute approximate surface area is 370 Å². The lowest BCUT2D eigenvalue weighted by Gasteiger charge is -2.34. The molecular formula is C60H48N2Si. The monoisotopic (exact) mass is 824 g/mol. The molecule has 0 bridgehead atoms. The second-order valence-electron chi connectivity index (χ2n) is 17.5. The third-order valence-electron chi connectivity index (χ3n) is 14.0. The molecule has 0 saturated heterocycles. The Morgan fingerprint density at radius 3 is 1.46 bits per heavy atom. The lowest BCUT2D eigenvalue weighted by molar-refractivity contribution is 0.444. The first kappa shape index (κ1) is 37.5. The number of aromatic nitrogens is 2. The number of hydrogen-bond acceptors (Lipinski definition) is 0. The van der Waals surface area contributed by atoms with Crippen molar-refractivity contribution in [2.24, 2.45) is 0 Å². The van der Waals surface area contributed by atoms with Gasteiger partial charge in [-0.15, -0.1) is 0 Å². The minimum atomic E-state index is -2.70. The maximum absolute atomic E-state index is 2.70. The van der Waals surface area contributed by atoms with Crippen LogP contribution >= 0.6 is 0 Å². The van der Waals surface area contributed by atoms with Gasteiger partial charge < -0.3 is 9.13 Å². The van der Waals surface area contributed by atoms with Crippen LogP contribution in [-0.4, -0.2) is 17.2 Å². The molecule has 0 amide bonds. The van der Waals surface area contributed by atoms with Gasteiger partial charge in [0.15, 0.2) is 8.07 Å². The zero-order valence-electron chi connectivity index (χ0n) is 35.4. The van der Waals surface area contributed by atoms with Crippen molar-refractivity contribution in [3.05, 3.63) is 230 Å². The number of benzene rings is 9. The molecule has 1 fully saturated rings. The summed E-state index contributed by atoms with van der Waals surface area (Å²) in [5, 5.41) is 10.7. The molecule has 12 rings (SSSR count). The highest BCUT2D eigenvalue weighted by Crippen LogP contribution is 2.40. The van der Waals surface area contributed by atoms with E-state index in [4.69, 9.17) is 0 Å². The molecule has 3 heteroatoms. The molecule has 0 spiro atoms. The smallest absolute Gasteiger partial charge is 0.179 e. The summed E-state index contributed by atoms with van der Waals surface area (Å²) in [6.45, 7) is 0. The summed E-state index contributed by atoms with van der Waals surface area (Å²) in [4.78, 5) is 0. The maximum Gasteiger partial charge on any atom is 0.179 e. The van der Waals surface area contributed by atoms with Crippen molar-refractivity contribution in [1.82, 2.24) is 9.13 Å². The average Bonchev–Trinajstić information content (AvgIpc) is 3.88. The fraction of sp³-hybridized carbons (Fsp3) is 0.100. The van der Waals surface area contributed by atoms with E-state index in [0.29, 0.717) is 5.92 Å². The SMILES string of the molecule is c1ccc([Si](c2ccccc2)(c2ccccc2)c2cccc(-c3cccc(-n4c5ccccc5c5ccc(-n6c7ccccc7c7cc(C8CCCCC8)ccc76)cc54)c3)c2)cc1. The number of fused-ring (bicyclic) bond motifs is 6. The number of para-hydroxylation sites is 2. The van der Waals surface area contributed by atoms with Crippen LogP contribution in [-0.2, 0) is 0 Å². The summed E-state index contributed by atoms with van der Waals surface area (Å²) in [5.74, 6) is 0.664. The van der Waals surface area contributed by atoms with Gasteiger partial charge in [0.2, 0.25) is 0 Å². The maximum atomic E-state index is 2.51. The molecule has 0 aliphatic heterocycles. The van der Waals surface area contributed by atoms with Crippen molar-refractivity contribution in [2.75, 3.05) is 0 Å². The average molecular weight is 825 g/mol. The summed E-state index contributed by atoms with van der Waals surface area (Å²) >= 11 is 0. The lowest BCUT2D eigenvalue weighted by Crippen LogP contribution is -2.74. The van der Waals surface area contributed by atoms with Gasteiger partial charge in [-0.05, 0) is 105 Å². The van der Waals surface area contributed by atoms with Crippen LogP contribution in [0.15, 0.2) is 224 Å². The predicted octanol–water partition coefficient (Wildman–Crippen LogP) is 13.0. The van der Waals surface area contributed by atoms with Crippen molar-refractivity contribution >= 4 is 72.4 Å². The van der Waals surface area contributed by atoms with Gasteiger partial charge in [-0.2, -0.15) is 0 Å². The minimum absolute atomic E-state index is 0.664. The molecule has 1 saturated carbocycles. The quantitative estimate of drug-likeness (QED) is 0.107. The summed E-state index contributed by atoms with van der Waals surface area (Å²) in [7, 11) is -2.70. The Balaban J connectivity index is 1.02. The first-order chi connectivity index (χ1) is 31.3. The molecule has 0 atom stereocenters. The first-order valence-electron chi connectivity index (χ1n) is 22.7. The van der Waals surface area contributed by atoms with Crippen molar-refractivity contribution in [2.45, 2.75) is 38.0 Å². The van der Waals surface area contributed by atoms with Crippen molar-refractivity contribution < 1.29 is 0 Å². The van der Waals surface area contributed by atoms with E-state index < -0.39 is 8.07 Å². The Bertz CT molecular complexity index is 3330. The third kappa shape index (κ3) is 6.21. The zero-order chi connectivity index (χ0) is 41.7. The van der Waals surface area contributed by atoms with Crippen LogP contribution in [0.5, 0.6) is 0 Å². The van der Waals surface area contributed by atoms with Gasteiger partial charge in [-0.1, -0.05) is 195 Å². The van der Waals surface area contributed by atoms with Crippen molar-refractivity contribution in [1.29, 1.82) is 0 Å². The Morgan fingerprint density at radius 2 is 0.810 bits per heavy atom. The van der Waals surface area contributed by atoms with E-state index >= 15 is 0 Å². The normalized spacial score (nSPS) is 13.7. The third-order valence-corrected chi connectivity index (χ3v) is 18.8.